The summed E-state index contributed by atoms with van der Waals surface area (Å²) in [4.78, 5) is 0.593. The van der Waals surface area contributed by atoms with Gasteiger partial charge in [0.05, 0.1) is 18.6 Å². The van der Waals surface area contributed by atoms with Gasteiger partial charge in [-0.1, -0.05) is 12.2 Å². The van der Waals surface area contributed by atoms with Crippen LogP contribution in [0.15, 0.2) is 35.2 Å². The predicted octanol–water partition coefficient (Wildman–Crippen LogP) is 2.79. The summed E-state index contributed by atoms with van der Waals surface area (Å²) in [5, 5.41) is 0. The summed E-state index contributed by atoms with van der Waals surface area (Å²) in [6.07, 6.45) is 9.31. The number of hydrogen-bond acceptors (Lipinski definition) is 4. The second-order valence-electron chi connectivity index (χ2n) is 5.16. The molecule has 0 radical (unpaired) electrons. The third-order valence-electron chi connectivity index (χ3n) is 3.49. The van der Waals surface area contributed by atoms with Gasteiger partial charge in [-0.05, 0) is 44.2 Å². The van der Waals surface area contributed by atoms with Gasteiger partial charge in [-0.25, -0.2) is 4.21 Å². The number of benzene rings is 1. The van der Waals surface area contributed by atoms with E-state index in [1.165, 1.54) is 4.41 Å². The maximum absolute atomic E-state index is 12.6. The molecule has 1 atom stereocenters. The Bertz CT molecular complexity index is 534. The van der Waals surface area contributed by atoms with Gasteiger partial charge in [0.25, 0.3) is 0 Å². The molecule has 1 heterocycles. The highest BCUT2D eigenvalue weighted by atomic mass is 32.2. The molecule has 0 saturated carbocycles. The van der Waals surface area contributed by atoms with Crippen LogP contribution in [0.4, 0.5) is 0 Å². The van der Waals surface area contributed by atoms with Crippen molar-refractivity contribution in [2.45, 2.75) is 37.0 Å². The van der Waals surface area contributed by atoms with Crippen molar-refractivity contribution in [2.24, 2.45) is 5.84 Å². The van der Waals surface area contributed by atoms with E-state index in [0.717, 1.165) is 32.1 Å². The second kappa shape index (κ2) is 8.92. The van der Waals surface area contributed by atoms with Crippen LogP contribution in [-0.4, -0.2) is 28.9 Å². The van der Waals surface area contributed by atoms with Crippen molar-refractivity contribution in [1.29, 1.82) is 0 Å². The summed E-state index contributed by atoms with van der Waals surface area (Å²) >= 11 is 0. The van der Waals surface area contributed by atoms with Gasteiger partial charge in [0.2, 0.25) is 0 Å². The van der Waals surface area contributed by atoms with E-state index in [1.807, 2.05) is 0 Å². The molecule has 1 aromatic carbocycles. The van der Waals surface area contributed by atoms with E-state index < -0.39 is 11.0 Å². The minimum atomic E-state index is -1.43. The lowest BCUT2D eigenvalue weighted by Gasteiger charge is -2.18. The molecule has 5 nitrogen and oxygen atoms in total. The van der Waals surface area contributed by atoms with Crippen molar-refractivity contribution in [1.82, 2.24) is 4.41 Å². The van der Waals surface area contributed by atoms with E-state index in [9.17, 15) is 4.21 Å². The van der Waals surface area contributed by atoms with Gasteiger partial charge in [-0.2, -0.15) is 4.41 Å². The SMILES string of the molecule is COc1ccc2c(c1)OCCC/C=C\CCCCN(N)S2=O. The Kier molecular flexibility index (Phi) is 6.89. The largest absolute Gasteiger partial charge is 0.497 e. The highest BCUT2D eigenvalue weighted by molar-refractivity contribution is 7.82. The van der Waals surface area contributed by atoms with Gasteiger partial charge in [0, 0.05) is 12.6 Å². The molecule has 2 rings (SSSR count). The zero-order chi connectivity index (χ0) is 15.8. The lowest BCUT2D eigenvalue weighted by molar-refractivity contribution is 0.301. The fourth-order valence-corrected chi connectivity index (χ4v) is 3.25. The maximum Gasteiger partial charge on any atom is 0.145 e. The number of nitrogens with zero attached hydrogens (tertiary/aromatic N) is 1. The molecule has 1 unspecified atom stereocenters. The Balaban J connectivity index is 2.21. The molecule has 0 aromatic heterocycles. The van der Waals surface area contributed by atoms with E-state index in [0.29, 0.717) is 29.5 Å². The Morgan fingerprint density at radius 1 is 1.23 bits per heavy atom. The topological polar surface area (TPSA) is 64.8 Å². The quantitative estimate of drug-likeness (QED) is 0.637. The van der Waals surface area contributed by atoms with Crippen molar-refractivity contribution < 1.29 is 13.7 Å². The van der Waals surface area contributed by atoms with Crippen LogP contribution in [0.3, 0.4) is 0 Å². The molecular formula is C16H24N2O3S. The molecule has 2 N–H and O–H groups in total. The van der Waals surface area contributed by atoms with Crippen LogP contribution in [0.5, 0.6) is 11.5 Å². The minimum absolute atomic E-state index is 0.576. The molecule has 122 valence electrons. The molecule has 6 heteroatoms. The molecule has 0 spiro atoms. The van der Waals surface area contributed by atoms with E-state index in [2.05, 4.69) is 12.2 Å². The smallest absolute Gasteiger partial charge is 0.145 e. The molecule has 1 aliphatic heterocycles. The van der Waals surface area contributed by atoms with Crippen LogP contribution >= 0.6 is 0 Å². The fourth-order valence-electron chi connectivity index (χ4n) is 2.23. The van der Waals surface area contributed by atoms with Gasteiger partial charge in [-0.3, -0.25) is 5.84 Å². The van der Waals surface area contributed by atoms with E-state index in [4.69, 9.17) is 15.3 Å². The van der Waals surface area contributed by atoms with Crippen LogP contribution in [0, 0.1) is 0 Å². The molecule has 0 amide bonds. The Morgan fingerprint density at radius 2 is 2.00 bits per heavy atom. The molecule has 0 aliphatic carbocycles. The number of nitrogens with two attached hydrogens (primary N) is 1. The highest BCUT2D eigenvalue weighted by Gasteiger charge is 2.17. The monoisotopic (exact) mass is 324 g/mol. The molecule has 1 aliphatic rings. The van der Waals surface area contributed by atoms with Gasteiger partial charge >= 0.3 is 0 Å². The van der Waals surface area contributed by atoms with Crippen LogP contribution in [-0.2, 0) is 11.0 Å². The molecule has 0 fully saturated rings. The lowest BCUT2D eigenvalue weighted by atomic mass is 10.2. The average Bonchev–Trinajstić information content (AvgIpc) is 2.54. The summed E-state index contributed by atoms with van der Waals surface area (Å²) in [5.41, 5.74) is 0. The maximum atomic E-state index is 12.6. The summed E-state index contributed by atoms with van der Waals surface area (Å²) in [7, 11) is 0.171. The fraction of sp³-hybridized carbons (Fsp3) is 0.500. The first-order valence-electron chi connectivity index (χ1n) is 7.62. The Morgan fingerprint density at radius 3 is 2.77 bits per heavy atom. The lowest BCUT2D eigenvalue weighted by Crippen LogP contribution is -2.34. The summed E-state index contributed by atoms with van der Waals surface area (Å²) in [6, 6.07) is 5.30. The van der Waals surface area contributed by atoms with Crippen molar-refractivity contribution >= 4 is 11.0 Å². The molecule has 1 aromatic rings. The van der Waals surface area contributed by atoms with Crippen LogP contribution in [0.1, 0.15) is 32.1 Å². The van der Waals surface area contributed by atoms with Crippen LogP contribution in [0.25, 0.3) is 0 Å². The van der Waals surface area contributed by atoms with Gasteiger partial charge < -0.3 is 9.47 Å². The Hall–Kier alpha value is -1.37. The standard InChI is InChI=1S/C16H24N2O3S/c1-20-14-9-10-16-15(13-14)21-12-8-6-4-2-3-5-7-11-18(17)22(16)19/h2,4,9-10,13H,3,5-8,11-12,17H2,1H3/b4-2-. The van der Waals surface area contributed by atoms with Crippen LogP contribution < -0.4 is 15.3 Å². The highest BCUT2D eigenvalue weighted by Crippen LogP contribution is 2.28. The number of rotatable bonds is 1. The van der Waals surface area contributed by atoms with Crippen molar-refractivity contribution in [3.05, 3.63) is 30.4 Å². The van der Waals surface area contributed by atoms with Crippen LogP contribution in [0.2, 0.25) is 0 Å². The Labute approximate surface area is 134 Å². The first-order chi connectivity index (χ1) is 10.7. The molecule has 0 saturated heterocycles. The predicted molar refractivity (Wildman–Crippen MR) is 88.0 cm³/mol. The van der Waals surface area contributed by atoms with E-state index in [-0.39, 0.29) is 0 Å². The number of ether oxygens (including phenoxy) is 2. The molecule has 22 heavy (non-hydrogen) atoms. The number of hydrogen-bond donors (Lipinski definition) is 1. The molecule has 0 bridgehead atoms. The van der Waals surface area contributed by atoms with E-state index >= 15 is 0 Å². The summed E-state index contributed by atoms with van der Waals surface area (Å²) in [6.45, 7) is 1.16. The average molecular weight is 324 g/mol. The number of fused-ring (bicyclic) bond motifs is 1. The van der Waals surface area contributed by atoms with Crippen molar-refractivity contribution in [2.75, 3.05) is 20.3 Å². The zero-order valence-corrected chi connectivity index (χ0v) is 13.8. The number of allylic oxidation sites excluding steroid dienone is 2. The first kappa shape index (κ1) is 17.0. The normalized spacial score (nSPS) is 22.9. The summed E-state index contributed by atoms with van der Waals surface area (Å²) in [5.74, 6) is 7.20. The second-order valence-corrected chi connectivity index (χ2v) is 6.57. The number of methoxy groups -OCH3 is 1. The zero-order valence-electron chi connectivity index (χ0n) is 13.0. The number of hydrazine groups is 1. The summed E-state index contributed by atoms with van der Waals surface area (Å²) < 4.78 is 25.0. The third kappa shape index (κ3) is 4.83. The van der Waals surface area contributed by atoms with Gasteiger partial charge in [-0.15, -0.1) is 0 Å². The van der Waals surface area contributed by atoms with Crippen molar-refractivity contribution in [3.8, 4) is 11.5 Å². The van der Waals surface area contributed by atoms with Gasteiger partial charge in [0.1, 0.15) is 22.5 Å². The van der Waals surface area contributed by atoms with Crippen molar-refractivity contribution in [3.63, 3.8) is 0 Å². The van der Waals surface area contributed by atoms with Gasteiger partial charge in [0.15, 0.2) is 0 Å². The van der Waals surface area contributed by atoms with E-state index in [1.54, 1.807) is 25.3 Å². The third-order valence-corrected chi connectivity index (χ3v) is 4.81. The first-order valence-corrected chi connectivity index (χ1v) is 8.73. The minimum Gasteiger partial charge on any atom is -0.497 e. The molecular weight excluding hydrogens is 300 g/mol.